The average molecular weight is 433 g/mol. The Bertz CT molecular complexity index is 1080. The van der Waals surface area contributed by atoms with Crippen LogP contribution in [0.15, 0.2) is 65.3 Å². The first kappa shape index (κ1) is 20.8. The number of nitrogens with zero attached hydrogens (tertiary/aromatic N) is 2. The van der Waals surface area contributed by atoms with Crippen LogP contribution in [0.2, 0.25) is 0 Å². The van der Waals surface area contributed by atoms with E-state index in [0.29, 0.717) is 18.7 Å². The molecule has 1 aromatic heterocycles. The monoisotopic (exact) mass is 432 g/mol. The predicted molar refractivity (Wildman–Crippen MR) is 121 cm³/mol. The van der Waals surface area contributed by atoms with E-state index in [9.17, 15) is 9.59 Å². The smallest absolute Gasteiger partial charge is 0.254 e. The van der Waals surface area contributed by atoms with Crippen molar-refractivity contribution in [1.29, 1.82) is 0 Å². The summed E-state index contributed by atoms with van der Waals surface area (Å²) in [4.78, 5) is 30.3. The molecule has 2 heterocycles. The first-order valence-corrected chi connectivity index (χ1v) is 11.4. The van der Waals surface area contributed by atoms with Crippen LogP contribution in [0.5, 0.6) is 0 Å². The summed E-state index contributed by atoms with van der Waals surface area (Å²) in [7, 11) is 0. The molecule has 6 nitrogen and oxygen atoms in total. The number of benzene rings is 2. The van der Waals surface area contributed by atoms with Crippen molar-refractivity contribution >= 4 is 22.6 Å². The van der Waals surface area contributed by atoms with E-state index >= 15 is 0 Å². The van der Waals surface area contributed by atoms with Crippen molar-refractivity contribution in [3.05, 3.63) is 72.2 Å². The van der Waals surface area contributed by atoms with Crippen molar-refractivity contribution in [2.75, 3.05) is 19.7 Å². The summed E-state index contributed by atoms with van der Waals surface area (Å²) in [6.07, 6.45) is 5.50. The number of amides is 2. The maximum Gasteiger partial charge on any atom is 0.254 e. The minimum atomic E-state index is -0.0818. The van der Waals surface area contributed by atoms with Gasteiger partial charge < -0.3 is 19.0 Å². The lowest BCUT2D eigenvalue weighted by atomic mass is 10.1. The van der Waals surface area contributed by atoms with Gasteiger partial charge in [0.2, 0.25) is 5.91 Å². The first-order valence-electron chi connectivity index (χ1n) is 11.4. The molecule has 1 aliphatic carbocycles. The van der Waals surface area contributed by atoms with Crippen LogP contribution >= 0.6 is 0 Å². The Kier molecular flexibility index (Phi) is 5.95. The highest BCUT2D eigenvalue weighted by molar-refractivity contribution is 6.00. The average Bonchev–Trinajstić information content (AvgIpc) is 3.28. The molecule has 5 rings (SSSR count). The molecule has 2 aliphatic rings. The van der Waals surface area contributed by atoms with Crippen molar-refractivity contribution < 1.29 is 18.7 Å². The summed E-state index contributed by atoms with van der Waals surface area (Å²) < 4.78 is 11.3. The zero-order valence-electron chi connectivity index (χ0n) is 18.1. The molecule has 0 radical (unpaired) electrons. The SMILES string of the molecule is O=C(CN(C(=O)c1ccc2ccccc2c1)C1CC1)N(Cc1ccco1)CC1CCCO1. The topological polar surface area (TPSA) is 63.0 Å². The lowest BCUT2D eigenvalue weighted by Gasteiger charge is -2.29. The summed E-state index contributed by atoms with van der Waals surface area (Å²) in [6.45, 7) is 1.71. The molecule has 2 fully saturated rings. The minimum Gasteiger partial charge on any atom is -0.467 e. The highest BCUT2D eigenvalue weighted by Crippen LogP contribution is 2.29. The third-order valence-corrected chi connectivity index (χ3v) is 6.28. The van der Waals surface area contributed by atoms with Gasteiger partial charge in [-0.15, -0.1) is 0 Å². The van der Waals surface area contributed by atoms with E-state index in [1.54, 1.807) is 16.1 Å². The van der Waals surface area contributed by atoms with E-state index in [4.69, 9.17) is 9.15 Å². The van der Waals surface area contributed by atoms with Crippen molar-refractivity contribution in [2.24, 2.45) is 0 Å². The number of hydrogen-bond donors (Lipinski definition) is 0. The fourth-order valence-electron chi connectivity index (χ4n) is 4.37. The molecular formula is C26H28N2O4. The van der Waals surface area contributed by atoms with E-state index in [1.807, 2.05) is 54.6 Å². The van der Waals surface area contributed by atoms with Gasteiger partial charge in [-0.3, -0.25) is 9.59 Å². The lowest BCUT2D eigenvalue weighted by Crippen LogP contribution is -2.45. The van der Waals surface area contributed by atoms with Gasteiger partial charge in [-0.2, -0.15) is 0 Å². The number of furan rings is 1. The van der Waals surface area contributed by atoms with Crippen LogP contribution in [0.3, 0.4) is 0 Å². The van der Waals surface area contributed by atoms with E-state index < -0.39 is 0 Å². The van der Waals surface area contributed by atoms with Crippen molar-refractivity contribution in [2.45, 2.75) is 44.4 Å². The Morgan fingerprint density at radius 3 is 2.53 bits per heavy atom. The van der Waals surface area contributed by atoms with E-state index in [1.165, 1.54) is 0 Å². The second-order valence-corrected chi connectivity index (χ2v) is 8.71. The van der Waals surface area contributed by atoms with E-state index in [-0.39, 0.29) is 30.5 Å². The van der Waals surface area contributed by atoms with Gasteiger partial charge in [0, 0.05) is 24.8 Å². The lowest BCUT2D eigenvalue weighted by molar-refractivity contribution is -0.134. The highest BCUT2D eigenvalue weighted by atomic mass is 16.5. The number of ether oxygens (including phenoxy) is 1. The molecule has 1 saturated carbocycles. The number of carbonyl (C=O) groups excluding carboxylic acids is 2. The van der Waals surface area contributed by atoms with Crippen LogP contribution in [0.25, 0.3) is 10.8 Å². The molecule has 3 aromatic rings. The van der Waals surface area contributed by atoms with Gasteiger partial charge in [-0.25, -0.2) is 0 Å². The maximum atomic E-state index is 13.4. The third-order valence-electron chi connectivity index (χ3n) is 6.28. The van der Waals surface area contributed by atoms with Gasteiger partial charge >= 0.3 is 0 Å². The number of fused-ring (bicyclic) bond motifs is 1. The number of carbonyl (C=O) groups is 2. The second kappa shape index (κ2) is 9.17. The Balaban J connectivity index is 1.33. The van der Waals surface area contributed by atoms with Crippen LogP contribution in [0.4, 0.5) is 0 Å². The zero-order valence-corrected chi connectivity index (χ0v) is 18.1. The number of hydrogen-bond acceptors (Lipinski definition) is 4. The quantitative estimate of drug-likeness (QED) is 0.534. The maximum absolute atomic E-state index is 13.4. The molecule has 1 unspecified atom stereocenters. The molecule has 0 bridgehead atoms. The summed E-state index contributed by atoms with van der Waals surface area (Å²) in [5, 5.41) is 2.12. The number of rotatable bonds is 8. The largest absolute Gasteiger partial charge is 0.467 e. The Morgan fingerprint density at radius 1 is 0.969 bits per heavy atom. The summed E-state index contributed by atoms with van der Waals surface area (Å²) in [5.74, 6) is 0.579. The van der Waals surface area contributed by atoms with Gasteiger partial charge in [0.25, 0.3) is 5.91 Å². The minimum absolute atomic E-state index is 0.0412. The van der Waals surface area contributed by atoms with Gasteiger partial charge in [0.15, 0.2) is 0 Å². The summed E-state index contributed by atoms with van der Waals surface area (Å²) in [5.41, 5.74) is 0.625. The second-order valence-electron chi connectivity index (χ2n) is 8.71. The molecule has 1 aliphatic heterocycles. The molecule has 6 heteroatoms. The van der Waals surface area contributed by atoms with Crippen molar-refractivity contribution in [3.8, 4) is 0 Å². The van der Waals surface area contributed by atoms with Crippen LogP contribution in [-0.2, 0) is 16.1 Å². The molecule has 166 valence electrons. The fourth-order valence-corrected chi connectivity index (χ4v) is 4.37. The molecule has 0 N–H and O–H groups in total. The third kappa shape index (κ3) is 4.70. The normalized spacial score (nSPS) is 18.1. The molecule has 32 heavy (non-hydrogen) atoms. The molecular weight excluding hydrogens is 404 g/mol. The van der Waals surface area contributed by atoms with Crippen LogP contribution in [0, 0.1) is 0 Å². The standard InChI is InChI=1S/C26H28N2O4/c29-25(27(16-23-7-3-13-31-23)17-24-8-4-14-32-24)18-28(22-11-12-22)26(30)21-10-9-19-5-1-2-6-20(19)15-21/h1-3,5-7,9-10,13,15,22,24H,4,8,11-12,14,16-18H2. The molecule has 0 spiro atoms. The van der Waals surface area contributed by atoms with E-state index in [0.717, 1.165) is 48.8 Å². The molecule has 2 amide bonds. The van der Waals surface area contributed by atoms with Crippen LogP contribution in [-0.4, -0.2) is 53.5 Å². The van der Waals surface area contributed by atoms with Gasteiger partial charge in [-0.1, -0.05) is 30.3 Å². The fraction of sp³-hybridized carbons (Fsp3) is 0.385. The Morgan fingerprint density at radius 2 is 1.81 bits per heavy atom. The highest BCUT2D eigenvalue weighted by Gasteiger charge is 2.36. The molecule has 1 atom stereocenters. The Hall–Kier alpha value is -3.12. The van der Waals surface area contributed by atoms with Gasteiger partial charge in [0.1, 0.15) is 12.3 Å². The van der Waals surface area contributed by atoms with Gasteiger partial charge in [-0.05, 0) is 60.7 Å². The van der Waals surface area contributed by atoms with E-state index in [2.05, 4.69) is 0 Å². The van der Waals surface area contributed by atoms with Crippen molar-refractivity contribution in [3.63, 3.8) is 0 Å². The summed E-state index contributed by atoms with van der Waals surface area (Å²) >= 11 is 0. The summed E-state index contributed by atoms with van der Waals surface area (Å²) in [6, 6.07) is 17.6. The first-order chi connectivity index (χ1) is 15.7. The molecule has 1 saturated heterocycles. The van der Waals surface area contributed by atoms with Crippen molar-refractivity contribution in [1.82, 2.24) is 9.80 Å². The van der Waals surface area contributed by atoms with Crippen LogP contribution in [0.1, 0.15) is 41.8 Å². The molecule has 2 aromatic carbocycles. The Labute approximate surface area is 187 Å². The van der Waals surface area contributed by atoms with Gasteiger partial charge in [0.05, 0.1) is 18.9 Å². The zero-order chi connectivity index (χ0) is 21.9. The van der Waals surface area contributed by atoms with Crippen LogP contribution < -0.4 is 0 Å². The predicted octanol–water partition coefficient (Wildman–Crippen LogP) is 4.25.